The van der Waals surface area contributed by atoms with Crippen LogP contribution in [0.25, 0.3) is 22.3 Å². The monoisotopic (exact) mass is 741 g/mol. The van der Waals surface area contributed by atoms with Crippen LogP contribution in [0.3, 0.4) is 0 Å². The molecule has 1 aliphatic heterocycles. The quantitative estimate of drug-likeness (QED) is 0.151. The molecule has 2 aliphatic rings. The van der Waals surface area contributed by atoms with Crippen molar-refractivity contribution < 1.29 is 4.74 Å². The molecule has 0 radical (unpaired) electrons. The first-order valence-electron chi connectivity index (χ1n) is 20.1. The SMILES string of the molecule is c1ccc(C(c2ccccc2)c2ccccc2-c2cc3c(cc2N(c2ccccc2)c2ccccc2)C2(c4ccccc4O3)c3ccccc3-c3ccccc32)cc1. The maximum Gasteiger partial charge on any atom is 0.133 e. The number of ether oxygens (including phenoxy) is 1. The van der Waals surface area contributed by atoms with E-state index < -0.39 is 5.41 Å². The molecule has 0 aromatic heterocycles. The van der Waals surface area contributed by atoms with Crippen LogP contribution in [0.1, 0.15) is 44.9 Å². The van der Waals surface area contributed by atoms with E-state index in [1.54, 1.807) is 0 Å². The highest BCUT2D eigenvalue weighted by Crippen LogP contribution is 2.63. The Morgan fingerprint density at radius 3 is 1.36 bits per heavy atom. The molecule has 11 rings (SSSR count). The second-order valence-corrected chi connectivity index (χ2v) is 15.2. The normalized spacial score (nSPS) is 12.9. The predicted molar refractivity (Wildman–Crippen MR) is 238 cm³/mol. The summed E-state index contributed by atoms with van der Waals surface area (Å²) >= 11 is 0. The Labute approximate surface area is 339 Å². The average molecular weight is 742 g/mol. The van der Waals surface area contributed by atoms with E-state index in [0.717, 1.165) is 50.8 Å². The molecule has 0 saturated heterocycles. The van der Waals surface area contributed by atoms with Crippen molar-refractivity contribution in [2.45, 2.75) is 11.3 Å². The highest BCUT2D eigenvalue weighted by molar-refractivity contribution is 5.95. The van der Waals surface area contributed by atoms with Crippen LogP contribution in [-0.2, 0) is 5.41 Å². The fourth-order valence-corrected chi connectivity index (χ4v) is 9.71. The number of nitrogens with zero attached hydrogens (tertiary/aromatic N) is 1. The highest BCUT2D eigenvalue weighted by Gasteiger charge is 2.51. The van der Waals surface area contributed by atoms with Gasteiger partial charge in [-0.05, 0) is 87.0 Å². The van der Waals surface area contributed by atoms with E-state index in [0.29, 0.717) is 0 Å². The number of anilines is 3. The molecule has 1 aliphatic carbocycles. The van der Waals surface area contributed by atoms with Crippen LogP contribution in [-0.4, -0.2) is 0 Å². The van der Waals surface area contributed by atoms with Gasteiger partial charge in [0.05, 0.1) is 11.1 Å². The Morgan fingerprint density at radius 1 is 0.345 bits per heavy atom. The minimum atomic E-state index is -0.611. The molecule has 2 heteroatoms. The minimum absolute atomic E-state index is 0.00837. The summed E-state index contributed by atoms with van der Waals surface area (Å²) in [6, 6.07) is 83.5. The molecule has 2 nitrogen and oxygen atoms in total. The molecular formula is C56H39NO. The molecule has 0 saturated carbocycles. The molecule has 0 amide bonds. The largest absolute Gasteiger partial charge is 0.457 e. The number of hydrogen-bond donors (Lipinski definition) is 0. The van der Waals surface area contributed by atoms with Crippen LogP contribution in [0.4, 0.5) is 17.1 Å². The first-order valence-corrected chi connectivity index (χ1v) is 20.1. The number of fused-ring (bicyclic) bond motifs is 9. The second-order valence-electron chi connectivity index (χ2n) is 15.2. The zero-order valence-corrected chi connectivity index (χ0v) is 31.9. The van der Waals surface area contributed by atoms with Crippen LogP contribution in [0.15, 0.2) is 231 Å². The highest BCUT2D eigenvalue weighted by atomic mass is 16.5. The van der Waals surface area contributed by atoms with E-state index in [-0.39, 0.29) is 5.92 Å². The molecule has 0 atom stereocenters. The zero-order chi connectivity index (χ0) is 38.5. The van der Waals surface area contributed by atoms with Crippen molar-refractivity contribution in [2.75, 3.05) is 4.90 Å². The van der Waals surface area contributed by atoms with Gasteiger partial charge in [0.1, 0.15) is 11.5 Å². The van der Waals surface area contributed by atoms with Gasteiger partial charge in [0.25, 0.3) is 0 Å². The first-order chi connectivity index (χ1) is 28.8. The van der Waals surface area contributed by atoms with Crippen molar-refractivity contribution in [3.8, 4) is 33.8 Å². The lowest BCUT2D eigenvalue weighted by atomic mass is 9.65. The van der Waals surface area contributed by atoms with Gasteiger partial charge in [-0.1, -0.05) is 188 Å². The van der Waals surface area contributed by atoms with Crippen molar-refractivity contribution in [2.24, 2.45) is 0 Å². The van der Waals surface area contributed by atoms with Gasteiger partial charge in [-0.3, -0.25) is 0 Å². The molecule has 1 spiro atoms. The minimum Gasteiger partial charge on any atom is -0.457 e. The third-order valence-corrected chi connectivity index (χ3v) is 12.1. The van der Waals surface area contributed by atoms with Crippen molar-refractivity contribution in [1.29, 1.82) is 0 Å². The summed E-state index contributed by atoms with van der Waals surface area (Å²) in [7, 11) is 0. The van der Waals surface area contributed by atoms with Crippen LogP contribution in [0, 0.1) is 0 Å². The number of para-hydroxylation sites is 3. The standard InChI is InChI=1S/C56H39NO/c1-5-21-39(22-6-1)55(40-23-7-2-8-24-40)46-32-14-13-29-43(46)47-37-54-51(38-52(47)57(41-25-9-3-10-26-41)42-27-11-4-12-28-42)56(50-35-19-20-36-53(50)58-54)48-33-17-15-30-44(48)45-31-16-18-34-49(45)56/h1-38,55H. The molecule has 0 bridgehead atoms. The molecule has 58 heavy (non-hydrogen) atoms. The fourth-order valence-electron chi connectivity index (χ4n) is 9.71. The van der Waals surface area contributed by atoms with E-state index in [1.165, 1.54) is 38.9 Å². The summed E-state index contributed by atoms with van der Waals surface area (Å²) < 4.78 is 7.15. The van der Waals surface area contributed by atoms with Gasteiger partial charge in [0.15, 0.2) is 0 Å². The van der Waals surface area contributed by atoms with E-state index >= 15 is 0 Å². The summed E-state index contributed by atoms with van der Waals surface area (Å²) in [5.74, 6) is 1.73. The fraction of sp³-hybridized carbons (Fsp3) is 0.0357. The molecular weight excluding hydrogens is 703 g/mol. The van der Waals surface area contributed by atoms with E-state index in [1.807, 2.05) is 0 Å². The van der Waals surface area contributed by atoms with Gasteiger partial charge in [0, 0.05) is 34.0 Å². The molecule has 0 unspecified atom stereocenters. The number of benzene rings is 9. The summed E-state index contributed by atoms with van der Waals surface area (Å²) in [6.07, 6.45) is 0. The van der Waals surface area contributed by atoms with Gasteiger partial charge in [-0.2, -0.15) is 0 Å². The van der Waals surface area contributed by atoms with Crippen LogP contribution >= 0.6 is 0 Å². The lowest BCUT2D eigenvalue weighted by molar-refractivity contribution is 0.436. The summed E-state index contributed by atoms with van der Waals surface area (Å²) in [4.78, 5) is 2.42. The number of hydrogen-bond acceptors (Lipinski definition) is 2. The molecule has 9 aromatic carbocycles. The predicted octanol–water partition coefficient (Wildman–Crippen LogP) is 14.5. The Hall–Kier alpha value is -7.42. The Balaban J connectivity index is 1.27. The lowest BCUT2D eigenvalue weighted by Gasteiger charge is -2.41. The van der Waals surface area contributed by atoms with E-state index in [9.17, 15) is 0 Å². The smallest absolute Gasteiger partial charge is 0.133 e. The van der Waals surface area contributed by atoms with E-state index in [2.05, 4.69) is 235 Å². The Kier molecular flexibility index (Phi) is 8.15. The summed E-state index contributed by atoms with van der Waals surface area (Å²) in [6.45, 7) is 0. The topological polar surface area (TPSA) is 12.5 Å². The third-order valence-electron chi connectivity index (χ3n) is 12.1. The van der Waals surface area contributed by atoms with Crippen molar-refractivity contribution in [1.82, 2.24) is 0 Å². The second kappa shape index (κ2) is 14.0. The van der Waals surface area contributed by atoms with Crippen LogP contribution in [0.5, 0.6) is 11.5 Å². The van der Waals surface area contributed by atoms with Crippen molar-refractivity contribution >= 4 is 17.1 Å². The summed E-state index contributed by atoms with van der Waals surface area (Å²) in [5.41, 5.74) is 15.9. The van der Waals surface area contributed by atoms with Gasteiger partial charge < -0.3 is 9.64 Å². The molecule has 0 fully saturated rings. The molecule has 9 aromatic rings. The average Bonchev–Trinajstić information content (AvgIpc) is 3.59. The Morgan fingerprint density at radius 2 is 0.793 bits per heavy atom. The zero-order valence-electron chi connectivity index (χ0n) is 31.9. The summed E-state index contributed by atoms with van der Waals surface area (Å²) in [5, 5.41) is 0. The number of rotatable bonds is 7. The van der Waals surface area contributed by atoms with Crippen LogP contribution < -0.4 is 9.64 Å². The Bertz CT molecular complexity index is 2800. The third kappa shape index (κ3) is 5.26. The van der Waals surface area contributed by atoms with Gasteiger partial charge in [-0.25, -0.2) is 0 Å². The van der Waals surface area contributed by atoms with Gasteiger partial charge in [0.2, 0.25) is 0 Å². The molecule has 0 N–H and O–H groups in total. The van der Waals surface area contributed by atoms with Crippen LogP contribution in [0.2, 0.25) is 0 Å². The van der Waals surface area contributed by atoms with Gasteiger partial charge >= 0.3 is 0 Å². The molecule has 274 valence electrons. The van der Waals surface area contributed by atoms with Crippen molar-refractivity contribution in [3.63, 3.8) is 0 Å². The molecule has 1 heterocycles. The lowest BCUT2D eigenvalue weighted by Crippen LogP contribution is -2.32. The maximum absolute atomic E-state index is 7.15. The van der Waals surface area contributed by atoms with Crippen molar-refractivity contribution in [3.05, 3.63) is 269 Å². The maximum atomic E-state index is 7.15. The first kappa shape index (κ1) is 33.9. The van der Waals surface area contributed by atoms with E-state index in [4.69, 9.17) is 4.74 Å². The van der Waals surface area contributed by atoms with Gasteiger partial charge in [-0.15, -0.1) is 0 Å².